The summed E-state index contributed by atoms with van der Waals surface area (Å²) in [5, 5.41) is 1.19. The minimum Gasteiger partial charge on any atom is -0.358 e. The standard InChI is InChI=1S/C25H27N3O2/c1-16(2)13-23(28-14-17-7-3-4-8-18(17)24(28)29)25(30)27-12-11-22-20(15-27)19-9-5-6-10-21(19)26-22/h3-10,16,23,26H,11-15H2,1-2H3/t23-/m1/s1. The molecule has 0 unspecified atom stereocenters. The number of fused-ring (bicyclic) bond motifs is 4. The third-order valence-electron chi connectivity index (χ3n) is 6.40. The number of carbonyl (C=O) groups is 2. The van der Waals surface area contributed by atoms with Gasteiger partial charge in [0.15, 0.2) is 0 Å². The smallest absolute Gasteiger partial charge is 0.255 e. The maximum absolute atomic E-state index is 13.7. The molecule has 0 saturated heterocycles. The van der Waals surface area contributed by atoms with Gasteiger partial charge in [0.25, 0.3) is 5.91 Å². The molecule has 1 aromatic heterocycles. The maximum Gasteiger partial charge on any atom is 0.255 e. The number of rotatable bonds is 4. The zero-order chi connectivity index (χ0) is 20.8. The second-order valence-electron chi connectivity index (χ2n) is 8.87. The zero-order valence-electron chi connectivity index (χ0n) is 17.5. The second kappa shape index (κ2) is 7.31. The van der Waals surface area contributed by atoms with Crippen LogP contribution in [-0.2, 0) is 24.3 Å². The molecule has 5 nitrogen and oxygen atoms in total. The van der Waals surface area contributed by atoms with Crippen LogP contribution < -0.4 is 0 Å². The Morgan fingerprint density at radius 2 is 1.83 bits per heavy atom. The zero-order valence-corrected chi connectivity index (χ0v) is 17.5. The van der Waals surface area contributed by atoms with Crippen LogP contribution in [0.3, 0.4) is 0 Å². The lowest BCUT2D eigenvalue weighted by atomic mass is 9.98. The van der Waals surface area contributed by atoms with Crippen molar-refractivity contribution in [3.8, 4) is 0 Å². The summed E-state index contributed by atoms with van der Waals surface area (Å²) in [6, 6.07) is 15.6. The molecule has 3 heterocycles. The molecule has 2 amide bonds. The molecule has 30 heavy (non-hydrogen) atoms. The SMILES string of the molecule is CC(C)C[C@H](C(=O)N1CCc2[nH]c3ccccc3c2C1)N1Cc2ccccc2C1=O. The maximum atomic E-state index is 13.7. The Bertz CT molecular complexity index is 1130. The lowest BCUT2D eigenvalue weighted by Gasteiger charge is -2.35. The molecule has 5 heteroatoms. The van der Waals surface area contributed by atoms with Gasteiger partial charge in [-0.2, -0.15) is 0 Å². The van der Waals surface area contributed by atoms with Gasteiger partial charge in [-0.1, -0.05) is 50.2 Å². The van der Waals surface area contributed by atoms with Gasteiger partial charge in [-0.25, -0.2) is 0 Å². The van der Waals surface area contributed by atoms with E-state index in [4.69, 9.17) is 0 Å². The van der Waals surface area contributed by atoms with Crippen LogP contribution in [0, 0.1) is 5.92 Å². The fourth-order valence-corrected chi connectivity index (χ4v) is 4.90. The van der Waals surface area contributed by atoms with Crippen molar-refractivity contribution in [3.05, 3.63) is 70.9 Å². The third kappa shape index (κ3) is 3.09. The van der Waals surface area contributed by atoms with Gasteiger partial charge in [-0.15, -0.1) is 0 Å². The molecular weight excluding hydrogens is 374 g/mol. The molecule has 3 aromatic rings. The lowest BCUT2D eigenvalue weighted by Crippen LogP contribution is -2.50. The van der Waals surface area contributed by atoms with Crippen molar-refractivity contribution in [2.45, 2.75) is 45.8 Å². The summed E-state index contributed by atoms with van der Waals surface area (Å²) < 4.78 is 0. The van der Waals surface area contributed by atoms with Crippen molar-refractivity contribution in [1.29, 1.82) is 0 Å². The molecule has 0 fully saturated rings. The van der Waals surface area contributed by atoms with Gasteiger partial charge in [0, 0.05) is 53.8 Å². The highest BCUT2D eigenvalue weighted by molar-refractivity contribution is 6.01. The molecule has 2 aromatic carbocycles. The molecule has 1 N–H and O–H groups in total. The van der Waals surface area contributed by atoms with Crippen molar-refractivity contribution in [2.24, 2.45) is 5.92 Å². The van der Waals surface area contributed by atoms with E-state index in [1.165, 1.54) is 16.6 Å². The fraction of sp³-hybridized carbons (Fsp3) is 0.360. The first-order valence-corrected chi connectivity index (χ1v) is 10.8. The number of hydrogen-bond donors (Lipinski definition) is 1. The molecule has 0 saturated carbocycles. The van der Waals surface area contributed by atoms with Crippen LogP contribution in [0.15, 0.2) is 48.5 Å². The van der Waals surface area contributed by atoms with Crippen molar-refractivity contribution in [1.82, 2.24) is 14.8 Å². The number of aromatic nitrogens is 1. The van der Waals surface area contributed by atoms with Gasteiger partial charge in [0.2, 0.25) is 5.91 Å². The largest absolute Gasteiger partial charge is 0.358 e. The Morgan fingerprint density at radius 3 is 2.63 bits per heavy atom. The molecule has 0 aliphatic carbocycles. The van der Waals surface area contributed by atoms with Gasteiger partial charge >= 0.3 is 0 Å². The van der Waals surface area contributed by atoms with Gasteiger partial charge in [0.1, 0.15) is 6.04 Å². The van der Waals surface area contributed by atoms with Crippen molar-refractivity contribution in [3.63, 3.8) is 0 Å². The van der Waals surface area contributed by atoms with Crippen LogP contribution in [-0.4, -0.2) is 39.2 Å². The Balaban J connectivity index is 1.43. The van der Waals surface area contributed by atoms with E-state index in [9.17, 15) is 9.59 Å². The summed E-state index contributed by atoms with van der Waals surface area (Å²) in [7, 11) is 0. The molecular formula is C25H27N3O2. The second-order valence-corrected chi connectivity index (χ2v) is 8.87. The number of carbonyl (C=O) groups excluding carboxylic acids is 2. The summed E-state index contributed by atoms with van der Waals surface area (Å²) in [4.78, 5) is 34.0. The van der Waals surface area contributed by atoms with E-state index >= 15 is 0 Å². The Hall–Kier alpha value is -3.08. The van der Waals surface area contributed by atoms with Crippen LogP contribution in [0.1, 0.15) is 47.4 Å². The first kappa shape index (κ1) is 18.9. The number of hydrogen-bond acceptors (Lipinski definition) is 2. The van der Waals surface area contributed by atoms with E-state index in [1.54, 1.807) is 4.90 Å². The number of para-hydroxylation sites is 1. The lowest BCUT2D eigenvalue weighted by molar-refractivity contribution is -0.137. The van der Waals surface area contributed by atoms with E-state index in [0.717, 1.165) is 23.1 Å². The Morgan fingerprint density at radius 1 is 1.07 bits per heavy atom. The van der Waals surface area contributed by atoms with Crippen molar-refractivity contribution < 1.29 is 9.59 Å². The molecule has 2 aliphatic rings. The van der Waals surface area contributed by atoms with E-state index in [1.807, 2.05) is 41.3 Å². The number of amides is 2. The minimum absolute atomic E-state index is 0.0191. The van der Waals surface area contributed by atoms with Crippen LogP contribution in [0.25, 0.3) is 10.9 Å². The summed E-state index contributed by atoms with van der Waals surface area (Å²) in [5.41, 5.74) is 5.31. The van der Waals surface area contributed by atoms with Crippen LogP contribution in [0.2, 0.25) is 0 Å². The van der Waals surface area contributed by atoms with Gasteiger partial charge < -0.3 is 14.8 Å². The summed E-state index contributed by atoms with van der Waals surface area (Å²) >= 11 is 0. The quantitative estimate of drug-likeness (QED) is 0.715. The first-order valence-electron chi connectivity index (χ1n) is 10.8. The van der Waals surface area contributed by atoms with Gasteiger partial charge in [0.05, 0.1) is 0 Å². The number of nitrogens with zero attached hydrogens (tertiary/aromatic N) is 2. The van der Waals surface area contributed by atoms with E-state index in [0.29, 0.717) is 32.0 Å². The molecule has 2 aliphatic heterocycles. The normalized spacial score (nSPS) is 16.8. The predicted molar refractivity (Wildman–Crippen MR) is 117 cm³/mol. The number of benzene rings is 2. The van der Waals surface area contributed by atoms with Crippen LogP contribution in [0.5, 0.6) is 0 Å². The molecule has 5 rings (SSSR count). The monoisotopic (exact) mass is 401 g/mol. The highest BCUT2D eigenvalue weighted by Gasteiger charge is 2.39. The Kier molecular flexibility index (Phi) is 4.61. The van der Waals surface area contributed by atoms with E-state index < -0.39 is 6.04 Å². The fourth-order valence-electron chi connectivity index (χ4n) is 4.90. The number of nitrogens with one attached hydrogen (secondary N) is 1. The number of aromatic amines is 1. The van der Waals surface area contributed by atoms with Gasteiger partial charge in [-0.3, -0.25) is 9.59 Å². The first-order chi connectivity index (χ1) is 14.5. The molecule has 1 atom stereocenters. The Labute approximate surface area is 176 Å². The highest BCUT2D eigenvalue weighted by Crippen LogP contribution is 2.31. The van der Waals surface area contributed by atoms with E-state index in [2.05, 4.69) is 31.0 Å². The van der Waals surface area contributed by atoms with Crippen LogP contribution >= 0.6 is 0 Å². The molecule has 0 bridgehead atoms. The van der Waals surface area contributed by atoms with Crippen molar-refractivity contribution in [2.75, 3.05) is 6.54 Å². The van der Waals surface area contributed by atoms with Crippen molar-refractivity contribution >= 4 is 22.7 Å². The third-order valence-corrected chi connectivity index (χ3v) is 6.40. The van der Waals surface area contributed by atoms with Gasteiger partial charge in [-0.05, 0) is 30.0 Å². The topological polar surface area (TPSA) is 56.4 Å². The predicted octanol–water partition coefficient (Wildman–Crippen LogP) is 4.12. The average Bonchev–Trinajstić information content (AvgIpc) is 3.29. The average molecular weight is 402 g/mol. The molecule has 0 radical (unpaired) electrons. The minimum atomic E-state index is -0.420. The summed E-state index contributed by atoms with van der Waals surface area (Å²) in [5.74, 6) is 0.374. The summed E-state index contributed by atoms with van der Waals surface area (Å²) in [6.45, 7) is 6.03. The van der Waals surface area contributed by atoms with Crippen LogP contribution in [0.4, 0.5) is 0 Å². The van der Waals surface area contributed by atoms with E-state index in [-0.39, 0.29) is 11.8 Å². The highest BCUT2D eigenvalue weighted by atomic mass is 16.2. The molecule has 154 valence electrons. The summed E-state index contributed by atoms with van der Waals surface area (Å²) in [6.07, 6.45) is 1.49. The molecule has 0 spiro atoms. The number of H-pyrrole nitrogens is 1.